The Balaban J connectivity index is 1.79. The highest BCUT2D eigenvalue weighted by Crippen LogP contribution is 2.37. The minimum absolute atomic E-state index is 0.0605. The molecule has 0 saturated carbocycles. The molecule has 3 aromatic heterocycles. The van der Waals surface area contributed by atoms with Gasteiger partial charge in [-0.15, -0.1) is 11.3 Å². The third kappa shape index (κ3) is 3.27. The van der Waals surface area contributed by atoms with Gasteiger partial charge in [0.05, 0.1) is 21.3 Å². The average Bonchev–Trinajstić information content (AvgIpc) is 3.33. The normalized spacial score (nSPS) is 12.0. The van der Waals surface area contributed by atoms with Crippen LogP contribution in [0, 0.1) is 0 Å². The number of thiophene rings is 1. The Morgan fingerprint density at radius 2 is 2.04 bits per heavy atom. The molecule has 0 fully saturated rings. The fourth-order valence-electron chi connectivity index (χ4n) is 2.99. The second kappa shape index (κ2) is 6.68. The fourth-order valence-corrected chi connectivity index (χ4v) is 3.98. The van der Waals surface area contributed by atoms with Crippen LogP contribution in [0.5, 0.6) is 0 Å². The summed E-state index contributed by atoms with van der Waals surface area (Å²) in [5.41, 5.74) is -0.636. The Labute approximate surface area is 164 Å². The van der Waals surface area contributed by atoms with Crippen LogP contribution < -0.4 is 0 Å². The van der Waals surface area contributed by atoms with Crippen LogP contribution in [0.1, 0.15) is 21.7 Å². The summed E-state index contributed by atoms with van der Waals surface area (Å²) in [6.07, 6.45) is -4.60. The Bertz CT molecular complexity index is 1190. The number of aromatic carboxylic acids is 1. The van der Waals surface area contributed by atoms with Gasteiger partial charge < -0.3 is 14.2 Å². The second-order valence-electron chi connectivity index (χ2n) is 5.94. The number of benzene rings is 1. The lowest BCUT2D eigenvalue weighted by atomic mass is 10.1. The van der Waals surface area contributed by atoms with Gasteiger partial charge in [0, 0.05) is 17.0 Å². The van der Waals surface area contributed by atoms with Crippen molar-refractivity contribution in [2.45, 2.75) is 12.7 Å². The second-order valence-corrected chi connectivity index (χ2v) is 7.66. The number of nitrogens with zero attached hydrogens (tertiary/aromatic N) is 2. The molecular formula is C18H10ClF3N2O3S. The molecule has 0 aliphatic rings. The van der Waals surface area contributed by atoms with Gasteiger partial charge in [-0.2, -0.15) is 13.2 Å². The highest BCUT2D eigenvalue weighted by molar-refractivity contribution is 7.19. The van der Waals surface area contributed by atoms with E-state index in [1.54, 1.807) is 18.2 Å². The number of halogens is 4. The third-order valence-corrected chi connectivity index (χ3v) is 5.41. The van der Waals surface area contributed by atoms with Crippen LogP contribution >= 0.6 is 22.9 Å². The zero-order valence-electron chi connectivity index (χ0n) is 13.8. The molecule has 0 amide bonds. The summed E-state index contributed by atoms with van der Waals surface area (Å²) in [6.45, 7) is -0.0605. The predicted octanol–water partition coefficient (Wildman–Crippen LogP) is 5.78. The van der Waals surface area contributed by atoms with Gasteiger partial charge in [-0.3, -0.25) is 0 Å². The third-order valence-electron chi connectivity index (χ3n) is 4.17. The number of carboxylic acids is 1. The summed E-state index contributed by atoms with van der Waals surface area (Å²) in [6, 6.07) is 9.69. The molecule has 10 heteroatoms. The van der Waals surface area contributed by atoms with E-state index in [0.717, 1.165) is 17.0 Å². The van der Waals surface area contributed by atoms with Crippen molar-refractivity contribution in [3.63, 3.8) is 0 Å². The smallest absolute Gasteiger partial charge is 0.417 e. The van der Waals surface area contributed by atoms with Gasteiger partial charge in [-0.25, -0.2) is 4.79 Å². The molecule has 5 nitrogen and oxygen atoms in total. The summed E-state index contributed by atoms with van der Waals surface area (Å²) in [5, 5.41) is 13.2. The van der Waals surface area contributed by atoms with Crippen molar-refractivity contribution in [3.8, 4) is 10.6 Å². The molecule has 144 valence electrons. The van der Waals surface area contributed by atoms with Crippen LogP contribution in [0.3, 0.4) is 0 Å². The minimum atomic E-state index is -4.60. The van der Waals surface area contributed by atoms with Crippen molar-refractivity contribution < 1.29 is 27.6 Å². The number of fused-ring (bicyclic) bond motifs is 1. The number of hydrogen-bond acceptors (Lipinski definition) is 4. The maximum atomic E-state index is 13.3. The monoisotopic (exact) mass is 426 g/mol. The van der Waals surface area contributed by atoms with Gasteiger partial charge in [-0.05, 0) is 30.3 Å². The molecule has 0 spiro atoms. The van der Waals surface area contributed by atoms with E-state index in [9.17, 15) is 23.1 Å². The standard InChI is InChI=1S/C18H10ClF3N2O3S/c19-16-5-4-15(28-16)14-6-9(23-27-14)8-24-12-3-1-2-11(18(20,21)22)10(12)7-13(24)17(25)26/h1-7H,8H2,(H,25,26). The van der Waals surface area contributed by atoms with Gasteiger partial charge in [0.2, 0.25) is 0 Å². The van der Waals surface area contributed by atoms with Gasteiger partial charge in [0.25, 0.3) is 0 Å². The number of alkyl halides is 3. The summed E-state index contributed by atoms with van der Waals surface area (Å²) in [5.74, 6) is -0.894. The maximum absolute atomic E-state index is 13.3. The van der Waals surface area contributed by atoms with E-state index < -0.39 is 17.7 Å². The molecule has 3 heterocycles. The molecule has 0 bridgehead atoms. The topological polar surface area (TPSA) is 68.3 Å². The molecule has 0 aliphatic heterocycles. The van der Waals surface area contributed by atoms with Gasteiger partial charge in [0.15, 0.2) is 5.76 Å². The zero-order valence-corrected chi connectivity index (χ0v) is 15.4. The molecule has 1 aromatic carbocycles. The molecule has 0 radical (unpaired) electrons. The number of carboxylic acid groups (broad SMARTS) is 1. The summed E-state index contributed by atoms with van der Waals surface area (Å²) in [7, 11) is 0. The maximum Gasteiger partial charge on any atom is 0.417 e. The Morgan fingerprint density at radius 3 is 2.68 bits per heavy atom. The summed E-state index contributed by atoms with van der Waals surface area (Å²) < 4.78 is 47.0. The van der Waals surface area contributed by atoms with E-state index in [1.807, 2.05) is 0 Å². The predicted molar refractivity (Wildman–Crippen MR) is 97.8 cm³/mol. The van der Waals surface area contributed by atoms with Crippen LogP contribution in [-0.4, -0.2) is 20.8 Å². The lowest BCUT2D eigenvalue weighted by Crippen LogP contribution is -2.09. The number of rotatable bonds is 4. The first-order valence-electron chi connectivity index (χ1n) is 7.88. The Hall–Kier alpha value is -2.78. The van der Waals surface area contributed by atoms with Crippen molar-refractivity contribution in [1.29, 1.82) is 0 Å². The van der Waals surface area contributed by atoms with Crippen LogP contribution in [0.4, 0.5) is 13.2 Å². The largest absolute Gasteiger partial charge is 0.477 e. The SMILES string of the molecule is O=C(O)c1cc2c(C(F)(F)F)cccc2n1Cc1cc(-c2ccc(Cl)s2)on1. The average molecular weight is 427 g/mol. The number of hydrogen-bond donors (Lipinski definition) is 1. The van der Waals surface area contributed by atoms with Crippen molar-refractivity contribution in [2.24, 2.45) is 0 Å². The van der Waals surface area contributed by atoms with E-state index in [0.29, 0.717) is 15.8 Å². The molecule has 0 atom stereocenters. The Kier molecular flexibility index (Phi) is 4.43. The first-order chi connectivity index (χ1) is 13.2. The first kappa shape index (κ1) is 18.6. The van der Waals surface area contributed by atoms with Crippen molar-refractivity contribution in [2.75, 3.05) is 0 Å². The highest BCUT2D eigenvalue weighted by Gasteiger charge is 2.34. The van der Waals surface area contributed by atoms with E-state index in [1.165, 1.54) is 28.0 Å². The van der Waals surface area contributed by atoms with E-state index in [4.69, 9.17) is 16.1 Å². The number of carbonyl (C=O) groups is 1. The summed E-state index contributed by atoms with van der Waals surface area (Å²) >= 11 is 7.18. The molecule has 0 unspecified atom stereocenters. The summed E-state index contributed by atoms with van der Waals surface area (Å²) in [4.78, 5) is 12.3. The van der Waals surface area contributed by atoms with Gasteiger partial charge in [0.1, 0.15) is 11.4 Å². The Morgan fingerprint density at radius 1 is 1.25 bits per heavy atom. The van der Waals surface area contributed by atoms with E-state index in [-0.39, 0.29) is 23.1 Å². The number of aromatic nitrogens is 2. The van der Waals surface area contributed by atoms with E-state index in [2.05, 4.69) is 5.16 Å². The van der Waals surface area contributed by atoms with Gasteiger partial charge in [-0.1, -0.05) is 22.8 Å². The lowest BCUT2D eigenvalue weighted by Gasteiger charge is -2.09. The first-order valence-corrected chi connectivity index (χ1v) is 9.07. The molecule has 0 saturated heterocycles. The molecule has 4 rings (SSSR count). The van der Waals surface area contributed by atoms with Crippen LogP contribution in [0.15, 0.2) is 47.0 Å². The van der Waals surface area contributed by atoms with E-state index >= 15 is 0 Å². The molecule has 0 aliphatic carbocycles. The van der Waals surface area contributed by atoms with Crippen molar-refractivity contribution in [1.82, 2.24) is 9.72 Å². The van der Waals surface area contributed by atoms with Crippen molar-refractivity contribution >= 4 is 39.8 Å². The lowest BCUT2D eigenvalue weighted by molar-refractivity contribution is -0.136. The minimum Gasteiger partial charge on any atom is -0.477 e. The zero-order chi connectivity index (χ0) is 20.1. The molecule has 1 N–H and O–H groups in total. The van der Waals surface area contributed by atoms with Crippen LogP contribution in [-0.2, 0) is 12.7 Å². The van der Waals surface area contributed by atoms with Crippen LogP contribution in [0.2, 0.25) is 4.34 Å². The molecule has 28 heavy (non-hydrogen) atoms. The van der Waals surface area contributed by atoms with Gasteiger partial charge >= 0.3 is 12.1 Å². The highest BCUT2D eigenvalue weighted by atomic mass is 35.5. The van der Waals surface area contributed by atoms with Crippen LogP contribution in [0.25, 0.3) is 21.5 Å². The van der Waals surface area contributed by atoms with Crippen molar-refractivity contribution in [3.05, 3.63) is 63.8 Å². The quantitative estimate of drug-likeness (QED) is 0.449. The molecular weight excluding hydrogens is 417 g/mol. The molecule has 4 aromatic rings. The fraction of sp³-hybridized carbons (Fsp3) is 0.111.